The van der Waals surface area contributed by atoms with Crippen molar-refractivity contribution in [3.63, 3.8) is 0 Å². The fourth-order valence-corrected chi connectivity index (χ4v) is 8.42. The van der Waals surface area contributed by atoms with Crippen molar-refractivity contribution in [2.75, 3.05) is 22.2 Å². The molecule has 4 rings (SSSR count). The van der Waals surface area contributed by atoms with Gasteiger partial charge in [-0.3, -0.25) is 19.8 Å². The summed E-state index contributed by atoms with van der Waals surface area (Å²) in [5.41, 5.74) is 0.789. The highest BCUT2D eigenvalue weighted by Crippen LogP contribution is 2.59. The lowest BCUT2D eigenvalue weighted by molar-refractivity contribution is -0.384. The van der Waals surface area contributed by atoms with E-state index < -0.39 is 4.92 Å². The van der Waals surface area contributed by atoms with Crippen LogP contribution in [0.4, 0.5) is 10.8 Å². The number of nitro groups is 1. The Bertz CT molecular complexity index is 804. The van der Waals surface area contributed by atoms with Gasteiger partial charge in [0.15, 0.2) is 3.54 Å². The van der Waals surface area contributed by atoms with Crippen LogP contribution in [0, 0.1) is 10.1 Å². The summed E-state index contributed by atoms with van der Waals surface area (Å²) < 4.78 is -0.316. The molecule has 0 atom stereocenters. The van der Waals surface area contributed by atoms with Gasteiger partial charge in [0.1, 0.15) is 5.01 Å². The van der Waals surface area contributed by atoms with Crippen molar-refractivity contribution in [2.45, 2.75) is 3.54 Å². The van der Waals surface area contributed by atoms with E-state index in [1.807, 2.05) is 0 Å². The number of nitrogens with zero attached hydrogens (tertiary/aromatic N) is 4. The second-order valence-corrected chi connectivity index (χ2v) is 10.4. The monoisotopic (exact) mass is 398 g/mol. The third-order valence-electron chi connectivity index (χ3n) is 3.48. The van der Waals surface area contributed by atoms with Crippen LogP contribution >= 0.6 is 46.6 Å². The Hall–Kier alpha value is -1.30. The minimum Gasteiger partial charge on any atom is -0.273 e. The Balaban J connectivity index is 1.64. The van der Waals surface area contributed by atoms with Crippen molar-refractivity contribution in [3.8, 4) is 10.6 Å². The summed E-state index contributed by atoms with van der Waals surface area (Å²) in [7, 11) is 0. The third-order valence-corrected chi connectivity index (χ3v) is 9.67. The van der Waals surface area contributed by atoms with E-state index in [0.717, 1.165) is 17.1 Å². The van der Waals surface area contributed by atoms with Crippen LogP contribution in [0.5, 0.6) is 0 Å². The van der Waals surface area contributed by atoms with Gasteiger partial charge < -0.3 is 0 Å². The normalized spacial score (nSPS) is 19.3. The molecule has 124 valence electrons. The molecule has 0 aliphatic carbocycles. The molecular weight excluding hydrogens is 388 g/mol. The van der Waals surface area contributed by atoms with Crippen LogP contribution < -0.4 is 4.90 Å². The Morgan fingerprint density at radius 1 is 1.12 bits per heavy atom. The molecule has 0 unspecified atom stereocenters. The molecule has 0 bridgehead atoms. The Morgan fingerprint density at radius 2 is 1.83 bits per heavy atom. The number of carbonyl (C=O) groups excluding carboxylic acids is 1. The van der Waals surface area contributed by atoms with Crippen LogP contribution in [-0.4, -0.2) is 41.8 Å². The summed E-state index contributed by atoms with van der Waals surface area (Å²) in [5.74, 6) is 2.52. The summed E-state index contributed by atoms with van der Waals surface area (Å²) in [6.45, 7) is 0. The average Bonchev–Trinajstić information content (AvgIpc) is 3.30. The molecule has 2 aromatic rings. The first-order chi connectivity index (χ1) is 11.6. The number of rotatable bonds is 3. The van der Waals surface area contributed by atoms with Crippen molar-refractivity contribution in [2.24, 2.45) is 0 Å². The topological polar surface area (TPSA) is 89.2 Å². The number of hydrogen-bond donors (Lipinski definition) is 0. The number of anilines is 1. The SMILES string of the molecule is O=C1CSC2(SCCS2)N1c1nnc(-c2ccc([N+](=O)[O-])cc2)s1. The Kier molecular flexibility index (Phi) is 4.19. The van der Waals surface area contributed by atoms with E-state index in [9.17, 15) is 14.9 Å². The maximum atomic E-state index is 12.3. The van der Waals surface area contributed by atoms with Crippen LogP contribution in [0.25, 0.3) is 10.6 Å². The first kappa shape index (κ1) is 16.2. The van der Waals surface area contributed by atoms with Crippen LogP contribution in [0.1, 0.15) is 0 Å². The zero-order valence-corrected chi connectivity index (χ0v) is 15.3. The number of nitro benzene ring substituents is 1. The quantitative estimate of drug-likeness (QED) is 0.575. The van der Waals surface area contributed by atoms with Crippen molar-refractivity contribution in [1.82, 2.24) is 10.2 Å². The lowest BCUT2D eigenvalue weighted by atomic mass is 10.2. The van der Waals surface area contributed by atoms with E-state index in [0.29, 0.717) is 15.9 Å². The molecule has 0 N–H and O–H groups in total. The highest BCUT2D eigenvalue weighted by molar-refractivity contribution is 8.36. The minimum absolute atomic E-state index is 0.0346. The van der Waals surface area contributed by atoms with Crippen LogP contribution in [0.3, 0.4) is 0 Å². The summed E-state index contributed by atoms with van der Waals surface area (Å²) in [6.07, 6.45) is 0. The van der Waals surface area contributed by atoms with Crippen molar-refractivity contribution in [3.05, 3.63) is 34.4 Å². The Morgan fingerprint density at radius 3 is 2.50 bits per heavy atom. The van der Waals surface area contributed by atoms with E-state index in [2.05, 4.69) is 10.2 Å². The van der Waals surface area contributed by atoms with Gasteiger partial charge in [0.05, 0.1) is 10.7 Å². The molecule has 0 saturated carbocycles. The smallest absolute Gasteiger partial charge is 0.269 e. The fraction of sp³-hybridized carbons (Fsp3) is 0.308. The Labute approximate surface area is 153 Å². The van der Waals surface area contributed by atoms with Gasteiger partial charge in [-0.15, -0.1) is 45.5 Å². The van der Waals surface area contributed by atoms with Crippen molar-refractivity contribution >= 4 is 63.3 Å². The van der Waals surface area contributed by atoms with E-state index in [1.165, 1.54) is 23.5 Å². The summed E-state index contributed by atoms with van der Waals surface area (Å²) in [6, 6.07) is 6.19. The first-order valence-electron chi connectivity index (χ1n) is 6.92. The second-order valence-electron chi connectivity index (χ2n) is 4.93. The van der Waals surface area contributed by atoms with E-state index in [1.54, 1.807) is 52.3 Å². The molecule has 24 heavy (non-hydrogen) atoms. The van der Waals surface area contributed by atoms with Crippen LogP contribution in [0.15, 0.2) is 24.3 Å². The molecule has 2 aliphatic heterocycles. The summed E-state index contributed by atoms with van der Waals surface area (Å²) in [5, 5.41) is 20.3. The van der Waals surface area contributed by atoms with Gasteiger partial charge in [0.25, 0.3) is 5.69 Å². The molecule has 3 heterocycles. The average molecular weight is 399 g/mol. The molecule has 1 aromatic carbocycles. The molecule has 0 radical (unpaired) electrons. The van der Waals surface area contributed by atoms with Crippen molar-refractivity contribution in [1.29, 1.82) is 0 Å². The maximum Gasteiger partial charge on any atom is 0.269 e. The number of hydrogen-bond acceptors (Lipinski definition) is 9. The lowest BCUT2D eigenvalue weighted by Gasteiger charge is -2.29. The van der Waals surface area contributed by atoms with Crippen LogP contribution in [0.2, 0.25) is 0 Å². The van der Waals surface area contributed by atoms with Gasteiger partial charge in [-0.05, 0) is 12.1 Å². The highest BCUT2D eigenvalue weighted by atomic mass is 32.3. The molecular formula is C13H10N4O3S4. The van der Waals surface area contributed by atoms with E-state index in [4.69, 9.17) is 0 Å². The molecule has 1 aromatic heterocycles. The van der Waals surface area contributed by atoms with Gasteiger partial charge >= 0.3 is 0 Å². The van der Waals surface area contributed by atoms with E-state index in [-0.39, 0.29) is 15.1 Å². The van der Waals surface area contributed by atoms with Crippen molar-refractivity contribution < 1.29 is 9.72 Å². The predicted octanol–water partition coefficient (Wildman–Crippen LogP) is 3.28. The van der Waals surface area contributed by atoms with Gasteiger partial charge in [0.2, 0.25) is 11.0 Å². The molecule has 7 nitrogen and oxygen atoms in total. The van der Waals surface area contributed by atoms with Gasteiger partial charge in [-0.2, -0.15) is 0 Å². The van der Waals surface area contributed by atoms with E-state index >= 15 is 0 Å². The maximum absolute atomic E-state index is 12.3. The molecule has 2 fully saturated rings. The van der Waals surface area contributed by atoms with Gasteiger partial charge in [0, 0.05) is 29.2 Å². The highest BCUT2D eigenvalue weighted by Gasteiger charge is 2.52. The lowest BCUT2D eigenvalue weighted by Crippen LogP contribution is -2.38. The number of aromatic nitrogens is 2. The first-order valence-corrected chi connectivity index (χ1v) is 10.7. The zero-order chi connectivity index (χ0) is 16.7. The third kappa shape index (κ3) is 2.68. The number of benzene rings is 1. The number of carbonyl (C=O) groups is 1. The zero-order valence-electron chi connectivity index (χ0n) is 12.1. The minimum atomic E-state index is -0.437. The summed E-state index contributed by atoms with van der Waals surface area (Å²) >= 11 is 6.50. The summed E-state index contributed by atoms with van der Waals surface area (Å²) in [4.78, 5) is 24.4. The van der Waals surface area contributed by atoms with Gasteiger partial charge in [-0.25, -0.2) is 0 Å². The predicted molar refractivity (Wildman–Crippen MR) is 99.6 cm³/mol. The molecule has 1 spiro atoms. The number of amides is 1. The number of thioether (sulfide) groups is 3. The number of non-ortho nitro benzene ring substituents is 1. The van der Waals surface area contributed by atoms with Crippen LogP contribution in [-0.2, 0) is 4.79 Å². The molecule has 11 heteroatoms. The standard InChI is InChI=1S/C13H10N4O3S4/c18-10-7-23-13(21-5-6-22-13)16(10)12-15-14-11(24-12)8-1-3-9(4-2-8)17(19)20/h1-4H,5-7H2. The fourth-order valence-electron chi connectivity index (χ4n) is 2.40. The van der Waals surface area contributed by atoms with Gasteiger partial charge in [-0.1, -0.05) is 11.3 Å². The largest absolute Gasteiger partial charge is 0.273 e. The molecule has 1 amide bonds. The molecule has 2 saturated heterocycles. The molecule has 2 aliphatic rings. The second kappa shape index (κ2) is 6.21.